The van der Waals surface area contributed by atoms with E-state index in [4.69, 9.17) is 14.0 Å². The Morgan fingerprint density at radius 1 is 1.13 bits per heavy atom. The number of benzene rings is 1. The Hall–Kier alpha value is -2.85. The number of nitrogens with zero attached hydrogens (tertiary/aromatic N) is 2. The Kier molecular flexibility index (Phi) is 9.31. The van der Waals surface area contributed by atoms with Gasteiger partial charge in [-0.25, -0.2) is 9.78 Å². The summed E-state index contributed by atoms with van der Waals surface area (Å²) in [6.07, 6.45) is 2.87. The summed E-state index contributed by atoms with van der Waals surface area (Å²) in [6, 6.07) is 7.23. The minimum Gasteiger partial charge on any atom is -0.453 e. The van der Waals surface area contributed by atoms with E-state index in [-0.39, 0.29) is 29.1 Å². The number of alkyl carbamates (subject to hydrolysis) is 1. The van der Waals surface area contributed by atoms with Gasteiger partial charge in [0.25, 0.3) is 0 Å². The first-order valence-corrected chi connectivity index (χ1v) is 13.6. The van der Waals surface area contributed by atoms with Gasteiger partial charge in [0, 0.05) is 6.54 Å². The zero-order valence-corrected chi connectivity index (χ0v) is 24.3. The summed E-state index contributed by atoms with van der Waals surface area (Å²) in [5.74, 6) is 0.543. The molecular formula is C28H43BN4O5. The van der Waals surface area contributed by atoms with Crippen LogP contribution in [-0.4, -0.2) is 64.9 Å². The lowest BCUT2D eigenvalue weighted by molar-refractivity contribution is -0.135. The predicted molar refractivity (Wildman–Crippen MR) is 149 cm³/mol. The summed E-state index contributed by atoms with van der Waals surface area (Å²) in [4.78, 5) is 35.0. The topological polar surface area (TPSA) is 106 Å². The Morgan fingerprint density at radius 2 is 1.74 bits per heavy atom. The molecule has 1 aromatic carbocycles. The van der Waals surface area contributed by atoms with Gasteiger partial charge in [0.2, 0.25) is 5.91 Å². The number of likely N-dealkylation sites (tertiary alicyclic amines) is 1. The predicted octanol–water partition coefficient (Wildman–Crippen LogP) is 4.45. The fraction of sp³-hybridized carbons (Fsp3) is 0.607. The van der Waals surface area contributed by atoms with Crippen LogP contribution in [0, 0.1) is 5.92 Å². The van der Waals surface area contributed by atoms with Crippen LogP contribution >= 0.6 is 0 Å². The van der Waals surface area contributed by atoms with Crippen molar-refractivity contribution in [2.75, 3.05) is 13.7 Å². The van der Waals surface area contributed by atoms with Crippen molar-refractivity contribution in [1.82, 2.24) is 20.2 Å². The number of aromatic nitrogens is 2. The number of rotatable bonds is 6. The smallest absolute Gasteiger partial charge is 0.453 e. The molecule has 2 amide bonds. The maximum absolute atomic E-state index is 13.3. The first-order chi connectivity index (χ1) is 17.9. The second kappa shape index (κ2) is 11.9. The highest BCUT2D eigenvalue weighted by atomic mass is 16.7. The molecule has 3 heterocycles. The van der Waals surface area contributed by atoms with Crippen LogP contribution in [0.5, 0.6) is 0 Å². The second-order valence-electron chi connectivity index (χ2n) is 10.9. The number of carbonyl (C=O) groups excluding carboxylic acids is 2. The van der Waals surface area contributed by atoms with Crippen LogP contribution in [0.1, 0.15) is 80.1 Å². The van der Waals surface area contributed by atoms with Gasteiger partial charge in [-0.3, -0.25) is 4.79 Å². The number of ether oxygens (including phenoxy) is 1. The van der Waals surface area contributed by atoms with Gasteiger partial charge in [-0.15, -0.1) is 0 Å². The van der Waals surface area contributed by atoms with Crippen molar-refractivity contribution in [3.63, 3.8) is 0 Å². The molecule has 208 valence electrons. The van der Waals surface area contributed by atoms with Crippen molar-refractivity contribution in [1.29, 1.82) is 0 Å². The number of H-pyrrole nitrogens is 1. The molecule has 4 rings (SSSR count). The molecule has 9 nitrogen and oxygen atoms in total. The molecule has 0 aliphatic carbocycles. The summed E-state index contributed by atoms with van der Waals surface area (Å²) < 4.78 is 17.0. The Labute approximate surface area is 227 Å². The summed E-state index contributed by atoms with van der Waals surface area (Å²) in [5.41, 5.74) is 2.04. The minimum atomic E-state index is -0.657. The summed E-state index contributed by atoms with van der Waals surface area (Å²) in [7, 11) is 0.884. The van der Waals surface area contributed by atoms with E-state index in [1.54, 1.807) is 6.20 Å². The third-order valence-electron chi connectivity index (χ3n) is 7.59. The van der Waals surface area contributed by atoms with E-state index >= 15 is 0 Å². The van der Waals surface area contributed by atoms with Crippen molar-refractivity contribution >= 4 is 24.6 Å². The molecule has 2 fully saturated rings. The van der Waals surface area contributed by atoms with Crippen LogP contribution in [0.15, 0.2) is 30.5 Å². The summed E-state index contributed by atoms with van der Waals surface area (Å²) in [6.45, 7) is 16.6. The van der Waals surface area contributed by atoms with Crippen LogP contribution in [0.25, 0.3) is 11.3 Å². The van der Waals surface area contributed by atoms with Crippen LogP contribution in [0.3, 0.4) is 0 Å². The largest absolute Gasteiger partial charge is 0.494 e. The Morgan fingerprint density at radius 3 is 2.29 bits per heavy atom. The zero-order chi connectivity index (χ0) is 28.3. The van der Waals surface area contributed by atoms with E-state index in [2.05, 4.69) is 15.3 Å². The molecule has 2 N–H and O–H groups in total. The van der Waals surface area contributed by atoms with E-state index in [1.807, 2.05) is 84.6 Å². The highest BCUT2D eigenvalue weighted by molar-refractivity contribution is 6.62. The number of carbonyl (C=O) groups is 2. The molecule has 38 heavy (non-hydrogen) atoms. The molecule has 10 heteroatoms. The number of hydrogen-bond acceptors (Lipinski definition) is 6. The van der Waals surface area contributed by atoms with E-state index < -0.39 is 19.3 Å². The second-order valence-corrected chi connectivity index (χ2v) is 10.9. The number of hydrogen-bond donors (Lipinski definition) is 2. The summed E-state index contributed by atoms with van der Waals surface area (Å²) >= 11 is 0. The molecule has 2 atom stereocenters. The molecule has 2 aliphatic rings. The normalized spacial score (nSPS) is 20.6. The van der Waals surface area contributed by atoms with Gasteiger partial charge in [-0.1, -0.05) is 52.0 Å². The fourth-order valence-electron chi connectivity index (χ4n) is 4.64. The SMILES string of the molecule is CC.COC(=O)NC(C(=O)N1CCCC1c1ncc(-c2ccc(B3OC(C)(C)C(C)(C)O3)cc2)[nH]1)C(C)C. The summed E-state index contributed by atoms with van der Waals surface area (Å²) in [5, 5.41) is 2.68. The monoisotopic (exact) mass is 526 g/mol. The van der Waals surface area contributed by atoms with E-state index in [9.17, 15) is 9.59 Å². The molecule has 0 saturated carbocycles. The van der Waals surface area contributed by atoms with Crippen LogP contribution in [0.2, 0.25) is 0 Å². The maximum atomic E-state index is 13.3. The van der Waals surface area contributed by atoms with E-state index in [0.717, 1.165) is 35.4 Å². The highest BCUT2D eigenvalue weighted by Crippen LogP contribution is 2.37. The van der Waals surface area contributed by atoms with Crippen molar-refractivity contribution in [3.8, 4) is 11.3 Å². The van der Waals surface area contributed by atoms with E-state index in [0.29, 0.717) is 6.54 Å². The maximum Gasteiger partial charge on any atom is 0.494 e. The van der Waals surface area contributed by atoms with Gasteiger partial charge in [-0.2, -0.15) is 0 Å². The zero-order valence-electron chi connectivity index (χ0n) is 24.3. The number of aromatic amines is 1. The first kappa shape index (κ1) is 29.7. The average Bonchev–Trinajstić information content (AvgIpc) is 3.61. The van der Waals surface area contributed by atoms with Crippen molar-refractivity contribution in [3.05, 3.63) is 36.3 Å². The Bertz CT molecular complexity index is 1080. The van der Waals surface area contributed by atoms with Crippen LogP contribution in [0.4, 0.5) is 4.79 Å². The number of imidazole rings is 1. The molecule has 0 spiro atoms. The van der Waals surface area contributed by atoms with Gasteiger partial charge in [-0.05, 0) is 57.5 Å². The third kappa shape index (κ3) is 6.07. The van der Waals surface area contributed by atoms with Crippen LogP contribution < -0.4 is 10.8 Å². The van der Waals surface area contributed by atoms with E-state index in [1.165, 1.54) is 7.11 Å². The fourth-order valence-corrected chi connectivity index (χ4v) is 4.64. The first-order valence-electron chi connectivity index (χ1n) is 13.6. The molecule has 2 saturated heterocycles. The molecule has 0 bridgehead atoms. The Balaban J connectivity index is 0.00000195. The quantitative estimate of drug-likeness (QED) is 0.539. The third-order valence-corrected chi connectivity index (χ3v) is 7.59. The van der Waals surface area contributed by atoms with Gasteiger partial charge in [0.05, 0.1) is 36.2 Å². The number of nitrogens with one attached hydrogen (secondary N) is 2. The lowest BCUT2D eigenvalue weighted by atomic mass is 9.79. The molecule has 1 aromatic heterocycles. The van der Waals surface area contributed by atoms with Crippen molar-refractivity contribution < 1.29 is 23.6 Å². The molecule has 2 aromatic rings. The lowest BCUT2D eigenvalue weighted by Crippen LogP contribution is -2.51. The molecule has 2 aliphatic heterocycles. The molecule has 2 unspecified atom stereocenters. The standard InChI is InChI=1S/C26H37BN4O5.C2H6/c1-16(2)21(30-24(33)34-7)23(32)31-14-8-9-20(31)22-28-15-19(29-22)17-10-12-18(13-11-17)27-35-25(3,4)26(5,6)36-27;1-2/h10-13,15-16,20-21H,8-9,14H2,1-7H3,(H,28,29)(H,30,33);1-2H3. The van der Waals surface area contributed by atoms with Crippen molar-refractivity contribution in [2.45, 2.75) is 91.5 Å². The number of methoxy groups -OCH3 is 1. The minimum absolute atomic E-state index is 0.0764. The van der Waals surface area contributed by atoms with Gasteiger partial charge in [0.1, 0.15) is 11.9 Å². The van der Waals surface area contributed by atoms with Gasteiger partial charge >= 0.3 is 13.2 Å². The molecule has 0 radical (unpaired) electrons. The van der Waals surface area contributed by atoms with Gasteiger partial charge < -0.3 is 29.2 Å². The molecular weight excluding hydrogens is 483 g/mol. The van der Waals surface area contributed by atoms with Crippen molar-refractivity contribution in [2.24, 2.45) is 5.92 Å². The number of amides is 2. The lowest BCUT2D eigenvalue weighted by Gasteiger charge is -2.32. The van der Waals surface area contributed by atoms with Crippen LogP contribution in [-0.2, 0) is 18.8 Å². The highest BCUT2D eigenvalue weighted by Gasteiger charge is 2.51. The van der Waals surface area contributed by atoms with Gasteiger partial charge in [0.15, 0.2) is 0 Å². The average molecular weight is 526 g/mol.